The van der Waals surface area contributed by atoms with Gasteiger partial charge in [0.1, 0.15) is 0 Å². The van der Waals surface area contributed by atoms with Crippen molar-refractivity contribution in [2.24, 2.45) is 17.6 Å². The maximum Gasteiger partial charge on any atom is 0.0632 e. The van der Waals surface area contributed by atoms with Crippen molar-refractivity contribution in [1.82, 2.24) is 4.90 Å². The van der Waals surface area contributed by atoms with E-state index in [0.717, 1.165) is 31.5 Å². The maximum atomic E-state index is 6.05. The highest BCUT2D eigenvalue weighted by Crippen LogP contribution is 2.46. The second kappa shape index (κ2) is 5.19. The fourth-order valence-electron chi connectivity index (χ4n) is 2.91. The molecule has 15 heavy (non-hydrogen) atoms. The number of nitrogens with two attached hydrogens (primary N) is 1. The first-order valence-corrected chi connectivity index (χ1v) is 5.42. The molecule has 3 aliphatic rings. The number of fused-ring (bicyclic) bond motifs is 1. The normalized spacial score (nSPS) is 43.8. The van der Waals surface area contributed by atoms with Crippen molar-refractivity contribution >= 4 is 24.8 Å². The first-order valence-electron chi connectivity index (χ1n) is 5.42. The zero-order valence-corrected chi connectivity index (χ0v) is 10.4. The Morgan fingerprint density at radius 1 is 1.13 bits per heavy atom. The number of hydrogen-bond acceptors (Lipinski definition) is 3. The van der Waals surface area contributed by atoms with Crippen LogP contribution in [0.2, 0.25) is 0 Å². The molecule has 0 aromatic carbocycles. The van der Waals surface area contributed by atoms with Crippen LogP contribution in [0.1, 0.15) is 12.8 Å². The maximum absolute atomic E-state index is 6.05. The zero-order chi connectivity index (χ0) is 8.84. The molecule has 0 spiro atoms. The molecule has 0 amide bonds. The zero-order valence-electron chi connectivity index (χ0n) is 8.80. The van der Waals surface area contributed by atoms with Crippen molar-refractivity contribution in [3.8, 4) is 0 Å². The van der Waals surface area contributed by atoms with Gasteiger partial charge in [-0.1, -0.05) is 0 Å². The lowest BCUT2D eigenvalue weighted by Gasteiger charge is -2.36. The highest BCUT2D eigenvalue weighted by atomic mass is 35.5. The molecular weight excluding hydrogens is 235 g/mol. The molecule has 90 valence electrons. The highest BCUT2D eigenvalue weighted by Gasteiger charge is 2.47. The summed E-state index contributed by atoms with van der Waals surface area (Å²) in [5.41, 5.74) is 6.05. The Labute approximate surface area is 104 Å². The van der Waals surface area contributed by atoms with E-state index >= 15 is 0 Å². The molecule has 2 aliphatic heterocycles. The minimum absolute atomic E-state index is 0. The van der Waals surface area contributed by atoms with E-state index in [0.29, 0.717) is 6.04 Å². The Kier molecular flexibility index (Phi) is 4.68. The molecular formula is C10H20Cl2N2O. The van der Waals surface area contributed by atoms with Crippen LogP contribution >= 0.6 is 24.8 Å². The van der Waals surface area contributed by atoms with Crippen molar-refractivity contribution in [2.45, 2.75) is 24.9 Å². The Balaban J connectivity index is 0.000000562. The summed E-state index contributed by atoms with van der Waals surface area (Å²) >= 11 is 0. The fourth-order valence-corrected chi connectivity index (χ4v) is 2.91. The summed E-state index contributed by atoms with van der Waals surface area (Å²) in [6.07, 6.45) is 2.62. The standard InChI is InChI=1S/C10H18N2O.2ClH/c11-9-6-13-2-1-10(9)12-4-7-3-8(7)5-12;;/h7-10H,1-6,11H2;2*1H/t7-,8-,9?,10?;;/m0../s1. The van der Waals surface area contributed by atoms with E-state index in [2.05, 4.69) is 4.90 Å². The van der Waals surface area contributed by atoms with Gasteiger partial charge in [0.05, 0.1) is 6.61 Å². The van der Waals surface area contributed by atoms with Gasteiger partial charge in [-0.05, 0) is 24.7 Å². The summed E-state index contributed by atoms with van der Waals surface area (Å²) in [7, 11) is 0. The van der Waals surface area contributed by atoms with Crippen LogP contribution in [-0.2, 0) is 4.74 Å². The first-order chi connectivity index (χ1) is 6.34. The van der Waals surface area contributed by atoms with Crippen LogP contribution in [0.15, 0.2) is 0 Å². The van der Waals surface area contributed by atoms with Crippen molar-refractivity contribution in [2.75, 3.05) is 26.3 Å². The molecule has 3 rings (SSSR count). The van der Waals surface area contributed by atoms with E-state index in [4.69, 9.17) is 10.5 Å². The quantitative estimate of drug-likeness (QED) is 0.756. The van der Waals surface area contributed by atoms with Crippen molar-refractivity contribution in [3.63, 3.8) is 0 Å². The van der Waals surface area contributed by atoms with Gasteiger partial charge in [-0.2, -0.15) is 0 Å². The Hall–Kier alpha value is 0.460. The third-order valence-electron chi connectivity index (χ3n) is 3.84. The van der Waals surface area contributed by atoms with Gasteiger partial charge in [-0.25, -0.2) is 0 Å². The molecule has 1 saturated carbocycles. The molecule has 4 atom stereocenters. The summed E-state index contributed by atoms with van der Waals surface area (Å²) in [6.45, 7) is 4.28. The van der Waals surface area contributed by atoms with E-state index in [-0.39, 0.29) is 30.9 Å². The minimum atomic E-state index is 0. The number of ether oxygens (including phenoxy) is 1. The lowest BCUT2D eigenvalue weighted by Crippen LogP contribution is -2.52. The van der Waals surface area contributed by atoms with Gasteiger partial charge in [0.25, 0.3) is 0 Å². The number of likely N-dealkylation sites (tertiary alicyclic amines) is 1. The molecule has 2 heterocycles. The Morgan fingerprint density at radius 3 is 2.40 bits per heavy atom. The number of hydrogen-bond donors (Lipinski definition) is 1. The van der Waals surface area contributed by atoms with Crippen molar-refractivity contribution in [3.05, 3.63) is 0 Å². The Bertz CT molecular complexity index is 208. The van der Waals surface area contributed by atoms with E-state index in [9.17, 15) is 0 Å². The average molecular weight is 255 g/mol. The molecule has 3 fully saturated rings. The largest absolute Gasteiger partial charge is 0.380 e. The van der Waals surface area contributed by atoms with Crippen LogP contribution in [0.3, 0.4) is 0 Å². The third kappa shape index (κ3) is 2.59. The molecule has 5 heteroatoms. The Morgan fingerprint density at radius 2 is 1.80 bits per heavy atom. The summed E-state index contributed by atoms with van der Waals surface area (Å²) < 4.78 is 5.36. The monoisotopic (exact) mass is 254 g/mol. The number of rotatable bonds is 1. The van der Waals surface area contributed by atoms with Gasteiger partial charge in [-0.15, -0.1) is 24.8 Å². The molecule has 0 bridgehead atoms. The van der Waals surface area contributed by atoms with Crippen molar-refractivity contribution in [1.29, 1.82) is 0 Å². The first kappa shape index (κ1) is 13.5. The van der Waals surface area contributed by atoms with E-state index in [1.54, 1.807) is 0 Å². The topological polar surface area (TPSA) is 38.5 Å². The van der Waals surface area contributed by atoms with Crippen LogP contribution in [0.25, 0.3) is 0 Å². The molecule has 2 unspecified atom stereocenters. The second-order valence-electron chi connectivity index (χ2n) is 4.80. The van der Waals surface area contributed by atoms with E-state index < -0.39 is 0 Å². The van der Waals surface area contributed by atoms with Gasteiger partial charge in [0.15, 0.2) is 0 Å². The lowest BCUT2D eigenvalue weighted by atomic mass is 10.0. The van der Waals surface area contributed by atoms with E-state index in [1.807, 2.05) is 0 Å². The third-order valence-corrected chi connectivity index (χ3v) is 3.84. The van der Waals surface area contributed by atoms with Crippen LogP contribution in [0.4, 0.5) is 0 Å². The van der Waals surface area contributed by atoms with E-state index in [1.165, 1.54) is 19.5 Å². The summed E-state index contributed by atoms with van der Waals surface area (Å²) in [5.74, 6) is 2.05. The molecule has 3 nitrogen and oxygen atoms in total. The van der Waals surface area contributed by atoms with Gasteiger partial charge in [0.2, 0.25) is 0 Å². The van der Waals surface area contributed by atoms with Gasteiger partial charge >= 0.3 is 0 Å². The minimum Gasteiger partial charge on any atom is -0.380 e. The van der Waals surface area contributed by atoms with Gasteiger partial charge in [-0.3, -0.25) is 4.90 Å². The molecule has 2 N–H and O–H groups in total. The predicted molar refractivity (Wildman–Crippen MR) is 64.9 cm³/mol. The number of halogens is 2. The summed E-state index contributed by atoms with van der Waals surface area (Å²) in [4.78, 5) is 2.60. The molecule has 0 aromatic heterocycles. The van der Waals surface area contributed by atoms with Gasteiger partial charge in [0, 0.05) is 31.8 Å². The lowest BCUT2D eigenvalue weighted by molar-refractivity contribution is 0.0220. The molecule has 0 radical (unpaired) electrons. The summed E-state index contributed by atoms with van der Waals surface area (Å²) in [5, 5.41) is 0. The number of nitrogens with zero attached hydrogens (tertiary/aromatic N) is 1. The van der Waals surface area contributed by atoms with Crippen LogP contribution in [0.5, 0.6) is 0 Å². The van der Waals surface area contributed by atoms with Crippen LogP contribution in [-0.4, -0.2) is 43.3 Å². The molecule has 1 aliphatic carbocycles. The molecule has 0 aromatic rings. The smallest absolute Gasteiger partial charge is 0.0632 e. The molecule has 2 saturated heterocycles. The second-order valence-corrected chi connectivity index (χ2v) is 4.80. The predicted octanol–water partition coefficient (Wildman–Crippen LogP) is 0.898. The van der Waals surface area contributed by atoms with Crippen LogP contribution in [0, 0.1) is 11.8 Å². The average Bonchev–Trinajstić information content (AvgIpc) is 2.75. The SMILES string of the molecule is Cl.Cl.NC1COCCC1N1C[C@@H]2C[C@H]2C1. The summed E-state index contributed by atoms with van der Waals surface area (Å²) in [6, 6.07) is 0.868. The number of piperidine rings is 1. The van der Waals surface area contributed by atoms with Crippen molar-refractivity contribution < 1.29 is 4.74 Å². The van der Waals surface area contributed by atoms with Gasteiger partial charge < -0.3 is 10.5 Å². The van der Waals surface area contributed by atoms with Crippen LogP contribution < -0.4 is 5.73 Å². The highest BCUT2D eigenvalue weighted by molar-refractivity contribution is 5.85. The fraction of sp³-hybridized carbons (Fsp3) is 1.00.